The third kappa shape index (κ3) is 2.97. The van der Waals surface area contributed by atoms with E-state index < -0.39 is 16.9 Å². The van der Waals surface area contributed by atoms with Crippen LogP contribution in [-0.2, 0) is 10.2 Å². The first kappa shape index (κ1) is 15.3. The molecule has 0 aliphatic rings. The highest BCUT2D eigenvalue weighted by Crippen LogP contribution is 2.39. The van der Waals surface area contributed by atoms with Crippen LogP contribution in [0.5, 0.6) is 0 Å². The van der Waals surface area contributed by atoms with Gasteiger partial charge in [-0.05, 0) is 31.5 Å². The summed E-state index contributed by atoms with van der Waals surface area (Å²) in [6.07, 6.45) is -0.0749. The van der Waals surface area contributed by atoms with Gasteiger partial charge in [0.1, 0.15) is 0 Å². The predicted molar refractivity (Wildman–Crippen MR) is 74.3 cm³/mol. The Labute approximate surface area is 117 Å². The SMILES string of the molecule is CC(C)(N)C(C)(CC(=O)O)c1ccc(Cl)c(Cl)c1. The summed E-state index contributed by atoms with van der Waals surface area (Å²) in [7, 11) is 0. The maximum Gasteiger partial charge on any atom is 0.304 e. The molecule has 1 unspecified atom stereocenters. The first-order valence-corrected chi connectivity index (χ1v) is 6.30. The summed E-state index contributed by atoms with van der Waals surface area (Å²) in [6, 6.07) is 5.11. The molecule has 0 fully saturated rings. The predicted octanol–water partition coefficient (Wildman–Crippen LogP) is 3.46. The molecule has 0 aromatic heterocycles. The molecule has 0 bridgehead atoms. The molecule has 0 heterocycles. The molecule has 3 N–H and O–H groups in total. The van der Waals surface area contributed by atoms with Gasteiger partial charge in [0.15, 0.2) is 0 Å². The Bertz CT molecular complexity index is 469. The minimum atomic E-state index is -0.901. The number of hydrogen-bond donors (Lipinski definition) is 2. The highest BCUT2D eigenvalue weighted by atomic mass is 35.5. The number of rotatable bonds is 4. The second kappa shape index (κ2) is 5.08. The lowest BCUT2D eigenvalue weighted by molar-refractivity contribution is -0.139. The van der Waals surface area contributed by atoms with Gasteiger partial charge in [-0.1, -0.05) is 36.2 Å². The minimum absolute atomic E-state index is 0.0749. The highest BCUT2D eigenvalue weighted by molar-refractivity contribution is 6.42. The van der Waals surface area contributed by atoms with Gasteiger partial charge in [-0.15, -0.1) is 0 Å². The fourth-order valence-corrected chi connectivity index (χ4v) is 2.14. The normalized spacial score (nSPS) is 15.2. The fraction of sp³-hybridized carbons (Fsp3) is 0.462. The molecule has 0 radical (unpaired) electrons. The lowest BCUT2D eigenvalue weighted by Gasteiger charge is -2.41. The van der Waals surface area contributed by atoms with Gasteiger partial charge >= 0.3 is 5.97 Å². The summed E-state index contributed by atoms with van der Waals surface area (Å²) in [4.78, 5) is 11.1. The highest BCUT2D eigenvalue weighted by Gasteiger charge is 2.41. The molecule has 100 valence electrons. The van der Waals surface area contributed by atoms with Crippen molar-refractivity contribution >= 4 is 29.2 Å². The van der Waals surface area contributed by atoms with E-state index in [1.165, 1.54) is 0 Å². The molecule has 1 atom stereocenters. The molecule has 0 aliphatic carbocycles. The molecule has 0 amide bonds. The molecular weight excluding hydrogens is 273 g/mol. The first-order valence-electron chi connectivity index (χ1n) is 5.54. The molecule has 0 saturated heterocycles. The van der Waals surface area contributed by atoms with E-state index >= 15 is 0 Å². The minimum Gasteiger partial charge on any atom is -0.481 e. The molecule has 0 saturated carbocycles. The van der Waals surface area contributed by atoms with Crippen LogP contribution in [0, 0.1) is 0 Å². The maximum atomic E-state index is 11.1. The molecule has 0 spiro atoms. The van der Waals surface area contributed by atoms with Crippen LogP contribution < -0.4 is 5.73 Å². The van der Waals surface area contributed by atoms with Gasteiger partial charge in [0, 0.05) is 11.0 Å². The smallest absolute Gasteiger partial charge is 0.304 e. The summed E-state index contributed by atoms with van der Waals surface area (Å²) in [5.41, 5.74) is 5.48. The van der Waals surface area contributed by atoms with Gasteiger partial charge in [0.2, 0.25) is 0 Å². The van der Waals surface area contributed by atoms with Crippen molar-refractivity contribution in [2.75, 3.05) is 0 Å². The Morgan fingerprint density at radius 1 is 1.28 bits per heavy atom. The van der Waals surface area contributed by atoms with Crippen molar-refractivity contribution < 1.29 is 9.90 Å². The van der Waals surface area contributed by atoms with E-state index in [2.05, 4.69) is 0 Å². The largest absolute Gasteiger partial charge is 0.481 e. The van der Waals surface area contributed by atoms with Crippen LogP contribution >= 0.6 is 23.2 Å². The molecule has 0 aliphatic heterocycles. The number of carboxylic acids is 1. The van der Waals surface area contributed by atoms with Crippen molar-refractivity contribution in [2.24, 2.45) is 5.73 Å². The van der Waals surface area contributed by atoms with Gasteiger partial charge in [-0.2, -0.15) is 0 Å². The topological polar surface area (TPSA) is 63.3 Å². The van der Waals surface area contributed by atoms with E-state index in [4.69, 9.17) is 34.0 Å². The van der Waals surface area contributed by atoms with Crippen molar-refractivity contribution in [1.29, 1.82) is 0 Å². The van der Waals surface area contributed by atoms with Crippen LogP contribution in [0.1, 0.15) is 32.8 Å². The third-order valence-electron chi connectivity index (χ3n) is 3.48. The Morgan fingerprint density at radius 3 is 2.22 bits per heavy atom. The third-order valence-corrected chi connectivity index (χ3v) is 4.22. The van der Waals surface area contributed by atoms with Crippen molar-refractivity contribution in [3.05, 3.63) is 33.8 Å². The molecule has 1 aromatic rings. The molecule has 3 nitrogen and oxygen atoms in total. The molecule has 1 rings (SSSR count). The van der Waals surface area contributed by atoms with Gasteiger partial charge in [0.25, 0.3) is 0 Å². The molecular formula is C13H17Cl2NO2. The van der Waals surface area contributed by atoms with E-state index in [9.17, 15) is 4.79 Å². The molecule has 1 aromatic carbocycles. The Balaban J connectivity index is 3.34. The zero-order valence-electron chi connectivity index (χ0n) is 10.6. The lowest BCUT2D eigenvalue weighted by Crippen LogP contribution is -2.53. The second-order valence-electron chi connectivity index (χ2n) is 5.25. The van der Waals surface area contributed by atoms with Crippen LogP contribution in [0.25, 0.3) is 0 Å². The van der Waals surface area contributed by atoms with Gasteiger partial charge in [-0.3, -0.25) is 4.79 Å². The van der Waals surface area contributed by atoms with E-state index in [0.717, 1.165) is 5.56 Å². The lowest BCUT2D eigenvalue weighted by atomic mass is 9.66. The van der Waals surface area contributed by atoms with E-state index in [1.807, 2.05) is 6.92 Å². The molecule has 18 heavy (non-hydrogen) atoms. The summed E-state index contributed by atoms with van der Waals surface area (Å²) in [5.74, 6) is -0.901. The summed E-state index contributed by atoms with van der Waals surface area (Å²) >= 11 is 11.9. The number of benzene rings is 1. The number of halogens is 2. The number of hydrogen-bond acceptors (Lipinski definition) is 2. The van der Waals surface area contributed by atoms with E-state index in [-0.39, 0.29) is 6.42 Å². The van der Waals surface area contributed by atoms with Crippen molar-refractivity contribution in [3.8, 4) is 0 Å². The number of nitrogens with two attached hydrogens (primary N) is 1. The van der Waals surface area contributed by atoms with Gasteiger partial charge in [0.05, 0.1) is 16.5 Å². The Hall–Kier alpha value is -0.770. The van der Waals surface area contributed by atoms with Crippen LogP contribution in [-0.4, -0.2) is 16.6 Å². The van der Waals surface area contributed by atoms with Gasteiger partial charge < -0.3 is 10.8 Å². The Kier molecular flexibility index (Phi) is 4.31. The monoisotopic (exact) mass is 289 g/mol. The van der Waals surface area contributed by atoms with Crippen LogP contribution in [0.15, 0.2) is 18.2 Å². The van der Waals surface area contributed by atoms with Crippen molar-refractivity contribution in [2.45, 2.75) is 38.1 Å². The summed E-state index contributed by atoms with van der Waals surface area (Å²) < 4.78 is 0. The fourth-order valence-electron chi connectivity index (χ4n) is 1.84. The summed E-state index contributed by atoms with van der Waals surface area (Å²) in [6.45, 7) is 5.43. The second-order valence-corrected chi connectivity index (χ2v) is 6.07. The van der Waals surface area contributed by atoms with E-state index in [0.29, 0.717) is 10.0 Å². The van der Waals surface area contributed by atoms with Crippen molar-refractivity contribution in [3.63, 3.8) is 0 Å². The zero-order valence-corrected chi connectivity index (χ0v) is 12.1. The van der Waals surface area contributed by atoms with Crippen LogP contribution in [0.4, 0.5) is 0 Å². The summed E-state index contributed by atoms with van der Waals surface area (Å²) in [5, 5.41) is 9.92. The standard InChI is InChI=1S/C13H17Cl2NO2/c1-12(2,16)13(3,7-11(17)18)8-4-5-9(14)10(15)6-8/h4-6H,7,16H2,1-3H3,(H,17,18). The van der Waals surface area contributed by atoms with Crippen molar-refractivity contribution in [1.82, 2.24) is 0 Å². The van der Waals surface area contributed by atoms with E-state index in [1.54, 1.807) is 32.0 Å². The first-order chi connectivity index (χ1) is 8.08. The van der Waals surface area contributed by atoms with Crippen LogP contribution in [0.2, 0.25) is 10.0 Å². The maximum absolute atomic E-state index is 11.1. The Morgan fingerprint density at radius 2 is 1.83 bits per heavy atom. The average Bonchev–Trinajstić information content (AvgIpc) is 2.19. The molecule has 5 heteroatoms. The number of carboxylic acid groups (broad SMARTS) is 1. The number of aliphatic carboxylic acids is 1. The quantitative estimate of drug-likeness (QED) is 0.892. The zero-order chi connectivity index (χ0) is 14.1. The van der Waals surface area contributed by atoms with Crippen LogP contribution in [0.3, 0.4) is 0 Å². The number of carbonyl (C=O) groups is 1. The van der Waals surface area contributed by atoms with Gasteiger partial charge in [-0.25, -0.2) is 0 Å². The average molecular weight is 290 g/mol.